The van der Waals surface area contributed by atoms with Crippen LogP contribution >= 0.6 is 0 Å². The number of amides is 1. The second-order valence-electron chi connectivity index (χ2n) is 5.55. The van der Waals surface area contributed by atoms with Crippen molar-refractivity contribution in [1.82, 2.24) is 5.43 Å². The number of phenols is 1. The zero-order chi connectivity index (χ0) is 15.3. The van der Waals surface area contributed by atoms with E-state index in [4.69, 9.17) is 4.74 Å². The Hall–Kier alpha value is -2.04. The number of aromatic hydroxyl groups is 1. The minimum absolute atomic E-state index is 0.141. The van der Waals surface area contributed by atoms with Crippen LogP contribution in [0.1, 0.15) is 45.2 Å². The normalized spacial score (nSPS) is 12.2. The Morgan fingerprint density at radius 1 is 1.40 bits per heavy atom. The van der Waals surface area contributed by atoms with Gasteiger partial charge in [-0.25, -0.2) is 10.2 Å². The molecule has 0 saturated carbocycles. The number of carbonyl (C=O) groups is 1. The van der Waals surface area contributed by atoms with Crippen LogP contribution < -0.4 is 5.43 Å². The van der Waals surface area contributed by atoms with Crippen LogP contribution in [-0.4, -0.2) is 22.5 Å². The number of nitrogens with one attached hydrogen (secondary N) is 1. The fraction of sp³-hybridized carbons (Fsp3) is 0.467. The molecule has 0 heterocycles. The van der Waals surface area contributed by atoms with E-state index in [-0.39, 0.29) is 5.75 Å². The van der Waals surface area contributed by atoms with Crippen LogP contribution in [0.4, 0.5) is 4.79 Å². The van der Waals surface area contributed by atoms with Crippen LogP contribution in [0.15, 0.2) is 23.3 Å². The second kappa shape index (κ2) is 6.41. The number of phenolic OH excluding ortho intramolecular Hbond substituents is 1. The lowest BCUT2D eigenvalue weighted by Crippen LogP contribution is -2.30. The molecule has 0 aromatic heterocycles. The largest absolute Gasteiger partial charge is 0.507 e. The van der Waals surface area contributed by atoms with E-state index in [2.05, 4.69) is 10.5 Å². The first-order valence-corrected chi connectivity index (χ1v) is 6.58. The monoisotopic (exact) mass is 278 g/mol. The van der Waals surface area contributed by atoms with E-state index < -0.39 is 11.7 Å². The molecule has 1 rings (SSSR count). The molecule has 0 saturated heterocycles. The molecule has 20 heavy (non-hydrogen) atoms. The van der Waals surface area contributed by atoms with E-state index in [1.807, 2.05) is 26.0 Å². The summed E-state index contributed by atoms with van der Waals surface area (Å²) in [4.78, 5) is 11.6. The molecule has 110 valence electrons. The van der Waals surface area contributed by atoms with Gasteiger partial charge in [-0.1, -0.05) is 18.6 Å². The summed E-state index contributed by atoms with van der Waals surface area (Å²) < 4.78 is 5.10. The average Bonchev–Trinajstić information content (AvgIpc) is 2.32. The zero-order valence-electron chi connectivity index (χ0n) is 12.7. The number of carbonyl (C=O) groups excluding carboxylic acids is 1. The third-order valence-corrected chi connectivity index (χ3v) is 2.48. The number of nitrogens with zero attached hydrogens (tertiary/aromatic N) is 1. The summed E-state index contributed by atoms with van der Waals surface area (Å²) >= 11 is 0. The van der Waals surface area contributed by atoms with Crippen LogP contribution in [0.5, 0.6) is 5.75 Å². The first kappa shape index (κ1) is 16.0. The summed E-state index contributed by atoms with van der Waals surface area (Å²) in [5.41, 5.74) is 4.00. The molecule has 0 spiro atoms. The summed E-state index contributed by atoms with van der Waals surface area (Å²) in [5.74, 6) is 0.141. The minimum atomic E-state index is -0.615. The van der Waals surface area contributed by atoms with Gasteiger partial charge in [0.15, 0.2) is 0 Å². The molecule has 1 aromatic rings. The molecule has 2 N–H and O–H groups in total. The van der Waals surface area contributed by atoms with E-state index in [9.17, 15) is 9.90 Å². The number of hydrogen-bond donors (Lipinski definition) is 2. The van der Waals surface area contributed by atoms with Crippen LogP contribution in [0.2, 0.25) is 0 Å². The number of benzene rings is 1. The molecular weight excluding hydrogens is 256 g/mol. The Bertz CT molecular complexity index is 516. The summed E-state index contributed by atoms with van der Waals surface area (Å²) in [5, 5.41) is 13.9. The maximum Gasteiger partial charge on any atom is 0.428 e. The van der Waals surface area contributed by atoms with Crippen molar-refractivity contribution in [2.75, 3.05) is 0 Å². The predicted molar refractivity (Wildman–Crippen MR) is 79.0 cm³/mol. The Balaban J connectivity index is 2.88. The van der Waals surface area contributed by atoms with Gasteiger partial charge in [-0.05, 0) is 46.2 Å². The molecule has 1 aromatic carbocycles. The first-order chi connectivity index (χ1) is 9.23. The van der Waals surface area contributed by atoms with Crippen LogP contribution in [0.3, 0.4) is 0 Å². The smallest absolute Gasteiger partial charge is 0.428 e. The molecule has 0 bridgehead atoms. The molecule has 0 radical (unpaired) electrons. The van der Waals surface area contributed by atoms with Gasteiger partial charge in [0.25, 0.3) is 0 Å². The van der Waals surface area contributed by atoms with Gasteiger partial charge in [0.1, 0.15) is 11.4 Å². The van der Waals surface area contributed by atoms with Crippen LogP contribution in [-0.2, 0) is 4.74 Å². The first-order valence-electron chi connectivity index (χ1n) is 6.58. The second-order valence-corrected chi connectivity index (χ2v) is 5.55. The van der Waals surface area contributed by atoms with Gasteiger partial charge in [-0.3, -0.25) is 0 Å². The highest BCUT2D eigenvalue weighted by atomic mass is 16.6. The van der Waals surface area contributed by atoms with Crippen LogP contribution in [0, 0.1) is 6.92 Å². The maximum atomic E-state index is 11.6. The molecule has 5 heteroatoms. The van der Waals surface area contributed by atoms with E-state index >= 15 is 0 Å². The summed E-state index contributed by atoms with van der Waals surface area (Å²) in [6.07, 6.45) is -0.0390. The molecule has 0 atom stereocenters. The third kappa shape index (κ3) is 4.91. The number of hydrazone groups is 1. The summed E-state index contributed by atoms with van der Waals surface area (Å²) in [7, 11) is 0. The summed E-state index contributed by atoms with van der Waals surface area (Å²) in [6.45, 7) is 9.17. The minimum Gasteiger partial charge on any atom is -0.507 e. The SMILES string of the molecule is CC/C(=N\NC(=O)OC(C)(C)C)c1cc(C)ccc1O. The van der Waals surface area contributed by atoms with Crippen LogP contribution in [0.25, 0.3) is 0 Å². The highest BCUT2D eigenvalue weighted by Crippen LogP contribution is 2.20. The van der Waals surface area contributed by atoms with Gasteiger partial charge in [0.05, 0.1) is 5.71 Å². The number of hydrogen-bond acceptors (Lipinski definition) is 4. The molecule has 0 unspecified atom stereocenters. The zero-order valence-corrected chi connectivity index (χ0v) is 12.7. The predicted octanol–water partition coefficient (Wildman–Crippen LogP) is 3.34. The third-order valence-electron chi connectivity index (χ3n) is 2.48. The lowest BCUT2D eigenvalue weighted by atomic mass is 10.0. The van der Waals surface area contributed by atoms with E-state index in [0.717, 1.165) is 5.56 Å². The highest BCUT2D eigenvalue weighted by molar-refractivity contribution is 6.03. The van der Waals surface area contributed by atoms with E-state index in [0.29, 0.717) is 17.7 Å². The Morgan fingerprint density at radius 3 is 2.60 bits per heavy atom. The fourth-order valence-electron chi connectivity index (χ4n) is 1.62. The Morgan fingerprint density at radius 2 is 2.05 bits per heavy atom. The Labute approximate surface area is 119 Å². The standard InChI is InChI=1S/C15H22N2O3/c1-6-12(11-9-10(2)7-8-13(11)18)16-17-14(19)20-15(3,4)5/h7-9,18H,6H2,1-5H3,(H,17,19)/b16-12+. The topological polar surface area (TPSA) is 70.9 Å². The maximum absolute atomic E-state index is 11.6. The molecule has 1 amide bonds. The quantitative estimate of drug-likeness (QED) is 0.658. The number of ether oxygens (including phenoxy) is 1. The van der Waals surface area contributed by atoms with Crippen molar-refractivity contribution >= 4 is 11.8 Å². The van der Waals surface area contributed by atoms with Crippen molar-refractivity contribution in [1.29, 1.82) is 0 Å². The van der Waals surface area contributed by atoms with Crippen molar-refractivity contribution in [3.05, 3.63) is 29.3 Å². The molecule has 0 fully saturated rings. The Kier molecular flexibility index (Phi) is 5.13. The van der Waals surface area contributed by atoms with Gasteiger partial charge in [0, 0.05) is 5.56 Å². The van der Waals surface area contributed by atoms with E-state index in [1.54, 1.807) is 26.8 Å². The van der Waals surface area contributed by atoms with Gasteiger partial charge in [-0.15, -0.1) is 0 Å². The molecular formula is C15H22N2O3. The number of aryl methyl sites for hydroxylation is 1. The lowest BCUT2D eigenvalue weighted by Gasteiger charge is -2.18. The summed E-state index contributed by atoms with van der Waals surface area (Å²) in [6, 6.07) is 5.26. The van der Waals surface area contributed by atoms with Gasteiger partial charge in [0.2, 0.25) is 0 Å². The average molecular weight is 278 g/mol. The molecule has 5 nitrogen and oxygen atoms in total. The van der Waals surface area contributed by atoms with Crippen molar-refractivity contribution in [2.45, 2.75) is 46.6 Å². The van der Waals surface area contributed by atoms with E-state index in [1.165, 1.54) is 0 Å². The molecule has 0 aliphatic carbocycles. The molecule has 0 aliphatic rings. The molecule has 0 aliphatic heterocycles. The lowest BCUT2D eigenvalue weighted by molar-refractivity contribution is 0.0529. The number of rotatable bonds is 3. The van der Waals surface area contributed by atoms with Gasteiger partial charge < -0.3 is 9.84 Å². The highest BCUT2D eigenvalue weighted by Gasteiger charge is 2.16. The van der Waals surface area contributed by atoms with Crippen molar-refractivity contribution < 1.29 is 14.6 Å². The van der Waals surface area contributed by atoms with Crippen molar-refractivity contribution in [3.8, 4) is 5.75 Å². The van der Waals surface area contributed by atoms with Gasteiger partial charge >= 0.3 is 6.09 Å². The van der Waals surface area contributed by atoms with Crippen molar-refractivity contribution in [2.24, 2.45) is 5.10 Å². The van der Waals surface area contributed by atoms with Gasteiger partial charge in [-0.2, -0.15) is 5.10 Å². The van der Waals surface area contributed by atoms with Crippen molar-refractivity contribution in [3.63, 3.8) is 0 Å². The fourth-order valence-corrected chi connectivity index (χ4v) is 1.62.